The molecule has 2 heterocycles. The van der Waals surface area contributed by atoms with Crippen molar-refractivity contribution >= 4 is 13.3 Å². The van der Waals surface area contributed by atoms with Crippen molar-refractivity contribution in [2.45, 2.75) is 26.7 Å². The second-order valence-corrected chi connectivity index (χ2v) is 8.50. The fourth-order valence-corrected chi connectivity index (χ4v) is 5.39. The molecule has 1 aromatic rings. The lowest BCUT2D eigenvalue weighted by molar-refractivity contribution is -0.384. The minimum absolute atomic E-state index is 0.00326. The third kappa shape index (κ3) is 3.54. The quantitative estimate of drug-likeness (QED) is 0.489. The van der Waals surface area contributed by atoms with E-state index in [0.29, 0.717) is 29.8 Å². The van der Waals surface area contributed by atoms with Crippen LogP contribution < -0.4 is 5.32 Å². The molecule has 134 valence electrons. The lowest BCUT2D eigenvalue weighted by Gasteiger charge is -2.34. The Morgan fingerprint density at radius 3 is 2.60 bits per heavy atom. The van der Waals surface area contributed by atoms with Crippen LogP contribution in [0.2, 0.25) is 0 Å². The van der Waals surface area contributed by atoms with Crippen molar-refractivity contribution in [3.63, 3.8) is 0 Å². The van der Waals surface area contributed by atoms with Crippen molar-refractivity contribution in [3.05, 3.63) is 62.7 Å². The van der Waals surface area contributed by atoms with Crippen molar-refractivity contribution in [3.8, 4) is 0 Å². The normalized spacial score (nSPS) is 29.8. The molecule has 3 rings (SSSR count). The molecule has 7 nitrogen and oxygen atoms in total. The Morgan fingerprint density at radius 1 is 1.28 bits per heavy atom. The second kappa shape index (κ2) is 6.75. The second-order valence-electron chi connectivity index (χ2n) is 6.51. The number of nitro benzene ring substituents is 1. The summed E-state index contributed by atoms with van der Waals surface area (Å²) in [6.07, 6.45) is 1.89. The maximum atomic E-state index is 13.3. The first-order valence-corrected chi connectivity index (χ1v) is 9.64. The molecule has 0 saturated carbocycles. The number of nitrogens with zero attached hydrogens (tertiary/aromatic N) is 1. The molecule has 2 aliphatic heterocycles. The molecule has 1 atom stereocenters. The summed E-state index contributed by atoms with van der Waals surface area (Å²) in [7, 11) is -3.47. The van der Waals surface area contributed by atoms with E-state index in [4.69, 9.17) is 9.05 Å². The molecule has 1 unspecified atom stereocenters. The molecule has 0 spiro atoms. The molecule has 0 amide bonds. The van der Waals surface area contributed by atoms with Crippen molar-refractivity contribution < 1.29 is 18.5 Å². The van der Waals surface area contributed by atoms with Crippen LogP contribution in [-0.4, -0.2) is 18.1 Å². The van der Waals surface area contributed by atoms with Gasteiger partial charge in [-0.15, -0.1) is 0 Å². The van der Waals surface area contributed by atoms with E-state index in [9.17, 15) is 14.7 Å². The lowest BCUT2D eigenvalue weighted by Crippen LogP contribution is -2.25. The van der Waals surface area contributed by atoms with Crippen LogP contribution in [0.1, 0.15) is 32.3 Å². The van der Waals surface area contributed by atoms with Crippen LogP contribution >= 0.6 is 7.60 Å². The molecule has 0 radical (unpaired) electrons. The van der Waals surface area contributed by atoms with Crippen molar-refractivity contribution in [1.82, 2.24) is 5.32 Å². The van der Waals surface area contributed by atoms with Crippen LogP contribution in [0.4, 0.5) is 5.69 Å². The molecular weight excluding hydrogens is 343 g/mol. The number of nitrogens with one attached hydrogen (secondary N) is 1. The Hall–Kier alpha value is -1.95. The van der Waals surface area contributed by atoms with Gasteiger partial charge in [0.25, 0.3) is 5.69 Å². The highest BCUT2D eigenvalue weighted by molar-refractivity contribution is 7.58. The van der Waals surface area contributed by atoms with E-state index in [0.717, 1.165) is 5.70 Å². The van der Waals surface area contributed by atoms with Gasteiger partial charge in [0.15, 0.2) is 0 Å². The van der Waals surface area contributed by atoms with Gasteiger partial charge in [0, 0.05) is 35.4 Å². The minimum Gasteiger partial charge on any atom is -0.362 e. The first kappa shape index (κ1) is 17.9. The molecule has 0 bridgehead atoms. The Labute approximate surface area is 146 Å². The summed E-state index contributed by atoms with van der Waals surface area (Å²) in [5.41, 5.74) is 2.27. The Kier molecular flexibility index (Phi) is 4.82. The monoisotopic (exact) mass is 364 g/mol. The summed E-state index contributed by atoms with van der Waals surface area (Å²) >= 11 is 0. The number of non-ortho nitro benzene ring substituents is 1. The zero-order chi connectivity index (χ0) is 18.2. The number of hydrogen-bond donors (Lipinski definition) is 1. The van der Waals surface area contributed by atoms with Crippen LogP contribution in [0, 0.1) is 16.0 Å². The fourth-order valence-electron chi connectivity index (χ4n) is 3.10. The average Bonchev–Trinajstić information content (AvgIpc) is 2.57. The number of allylic oxidation sites excluding steroid dienone is 4. The Balaban J connectivity index is 2.06. The van der Waals surface area contributed by atoms with Crippen LogP contribution in [0.25, 0.3) is 0 Å². The van der Waals surface area contributed by atoms with E-state index in [2.05, 4.69) is 5.32 Å². The molecule has 1 saturated heterocycles. The molecule has 1 aromatic carbocycles. The van der Waals surface area contributed by atoms with E-state index in [1.807, 2.05) is 26.8 Å². The van der Waals surface area contributed by atoms with Crippen molar-refractivity contribution in [1.29, 1.82) is 0 Å². The maximum Gasteiger partial charge on any atom is 0.360 e. The third-order valence-corrected chi connectivity index (χ3v) is 6.45. The molecule has 1 N–H and O–H groups in total. The standard InChI is InChI=1S/C17H21N2O5P/c1-11-9-23-25(22,24-10-11)17-13(3)18-12(2)7-16(17)14-5-4-6-15(8-14)19(20)21/h4-8,11,16,18H,9-10H2,1-3H3. The Bertz CT molecular complexity index is 805. The van der Waals surface area contributed by atoms with Gasteiger partial charge in [-0.2, -0.15) is 0 Å². The Morgan fingerprint density at radius 2 is 1.96 bits per heavy atom. The van der Waals surface area contributed by atoms with Gasteiger partial charge in [0.1, 0.15) is 0 Å². The first-order valence-electron chi connectivity index (χ1n) is 8.10. The van der Waals surface area contributed by atoms with E-state index >= 15 is 0 Å². The van der Waals surface area contributed by atoms with Gasteiger partial charge in [-0.05, 0) is 19.4 Å². The van der Waals surface area contributed by atoms with Gasteiger partial charge in [-0.1, -0.05) is 25.1 Å². The zero-order valence-electron chi connectivity index (χ0n) is 14.4. The summed E-state index contributed by atoms with van der Waals surface area (Å²) in [4.78, 5) is 10.7. The molecule has 25 heavy (non-hydrogen) atoms. The van der Waals surface area contributed by atoms with Gasteiger partial charge in [-0.25, -0.2) is 0 Å². The van der Waals surface area contributed by atoms with Crippen LogP contribution in [0.15, 0.2) is 47.0 Å². The highest BCUT2D eigenvalue weighted by Gasteiger charge is 2.42. The van der Waals surface area contributed by atoms with E-state index < -0.39 is 18.4 Å². The van der Waals surface area contributed by atoms with Gasteiger partial charge >= 0.3 is 7.60 Å². The third-order valence-electron chi connectivity index (χ3n) is 4.27. The largest absolute Gasteiger partial charge is 0.362 e. The average molecular weight is 364 g/mol. The molecule has 8 heteroatoms. The predicted molar refractivity (Wildman–Crippen MR) is 94.1 cm³/mol. The summed E-state index contributed by atoms with van der Waals surface area (Å²) in [5, 5.41) is 14.8. The highest BCUT2D eigenvalue weighted by atomic mass is 31.2. The van der Waals surface area contributed by atoms with E-state index in [1.54, 1.807) is 12.1 Å². The number of dihydropyridines is 1. The fraction of sp³-hybridized carbons (Fsp3) is 0.412. The lowest BCUT2D eigenvalue weighted by atomic mass is 9.94. The zero-order valence-corrected chi connectivity index (χ0v) is 15.3. The predicted octanol–water partition coefficient (Wildman–Crippen LogP) is 4.29. The van der Waals surface area contributed by atoms with Crippen LogP contribution in [-0.2, 0) is 13.6 Å². The number of benzene rings is 1. The number of rotatable bonds is 3. The van der Waals surface area contributed by atoms with Gasteiger partial charge in [0.2, 0.25) is 0 Å². The molecule has 1 fully saturated rings. The minimum atomic E-state index is -3.47. The van der Waals surface area contributed by atoms with E-state index in [1.165, 1.54) is 12.1 Å². The molecule has 0 aromatic heterocycles. The summed E-state index contributed by atoms with van der Waals surface area (Å²) < 4.78 is 24.6. The summed E-state index contributed by atoms with van der Waals surface area (Å²) in [6, 6.07) is 6.37. The SMILES string of the molecule is CC1=CC(c2cccc([N+](=O)[O-])c2)C(P2(=O)OCC(C)CO2)=C(C)N1. The number of hydrogen-bond acceptors (Lipinski definition) is 6. The smallest absolute Gasteiger partial charge is 0.360 e. The van der Waals surface area contributed by atoms with Gasteiger partial charge in [-0.3, -0.25) is 14.7 Å². The number of nitro groups is 1. The topological polar surface area (TPSA) is 90.7 Å². The van der Waals surface area contributed by atoms with Gasteiger partial charge < -0.3 is 14.4 Å². The molecule has 2 aliphatic rings. The highest BCUT2D eigenvalue weighted by Crippen LogP contribution is 2.64. The van der Waals surface area contributed by atoms with Gasteiger partial charge in [0.05, 0.1) is 23.5 Å². The first-order chi connectivity index (χ1) is 11.8. The van der Waals surface area contributed by atoms with E-state index in [-0.39, 0.29) is 11.6 Å². The summed E-state index contributed by atoms with van der Waals surface area (Å²) in [5.74, 6) is -0.228. The van der Waals surface area contributed by atoms with Crippen molar-refractivity contribution in [2.24, 2.45) is 5.92 Å². The van der Waals surface area contributed by atoms with Crippen LogP contribution in [0.3, 0.4) is 0 Å². The van der Waals surface area contributed by atoms with Crippen LogP contribution in [0.5, 0.6) is 0 Å². The summed E-state index contributed by atoms with van der Waals surface area (Å²) in [6.45, 7) is 6.40. The molecule has 0 aliphatic carbocycles. The van der Waals surface area contributed by atoms with Crippen molar-refractivity contribution in [2.75, 3.05) is 13.2 Å². The maximum absolute atomic E-state index is 13.3. The molecular formula is C17H21N2O5P.